The lowest BCUT2D eigenvalue weighted by Crippen LogP contribution is -2.26. The number of benzene rings is 2. The summed E-state index contributed by atoms with van der Waals surface area (Å²) < 4.78 is 1.74. The summed E-state index contributed by atoms with van der Waals surface area (Å²) in [6.07, 6.45) is 7.66. The molecule has 1 aliphatic heterocycles. The third-order valence-electron chi connectivity index (χ3n) is 5.81. The van der Waals surface area contributed by atoms with Crippen molar-refractivity contribution in [1.29, 1.82) is 0 Å². The van der Waals surface area contributed by atoms with Gasteiger partial charge in [0.25, 0.3) is 11.8 Å². The number of imidazole rings is 1. The van der Waals surface area contributed by atoms with Gasteiger partial charge in [0.1, 0.15) is 5.69 Å². The molecule has 2 amide bonds. The molecule has 0 bridgehead atoms. The first kappa shape index (κ1) is 20.8. The van der Waals surface area contributed by atoms with Crippen LogP contribution in [0.1, 0.15) is 37.5 Å². The summed E-state index contributed by atoms with van der Waals surface area (Å²) >= 11 is 0. The number of rotatable bonds is 5. The number of fused-ring (bicyclic) bond motifs is 2. The molecule has 1 aliphatic rings. The second-order valence-electron chi connectivity index (χ2n) is 8.28. The van der Waals surface area contributed by atoms with Gasteiger partial charge < -0.3 is 19.9 Å². The van der Waals surface area contributed by atoms with Crippen molar-refractivity contribution in [3.8, 4) is 0 Å². The van der Waals surface area contributed by atoms with E-state index in [1.165, 1.54) is 11.1 Å². The maximum atomic E-state index is 12.8. The van der Waals surface area contributed by atoms with E-state index in [0.717, 1.165) is 30.8 Å². The van der Waals surface area contributed by atoms with Gasteiger partial charge in [-0.2, -0.15) is 0 Å². The van der Waals surface area contributed by atoms with Crippen molar-refractivity contribution in [2.45, 2.75) is 19.5 Å². The van der Waals surface area contributed by atoms with Crippen LogP contribution in [0.15, 0.2) is 67.3 Å². The first-order valence-electron chi connectivity index (χ1n) is 10.8. The third kappa shape index (κ3) is 4.61. The number of nitrogens with one attached hydrogen (secondary N) is 2. The summed E-state index contributed by atoms with van der Waals surface area (Å²) in [6.45, 7) is 2.23. The minimum Gasteiger partial charge on any atom is -0.347 e. The van der Waals surface area contributed by atoms with Crippen molar-refractivity contribution in [3.05, 3.63) is 95.2 Å². The zero-order chi connectivity index (χ0) is 22.8. The summed E-state index contributed by atoms with van der Waals surface area (Å²) in [5, 5.41) is 5.85. The van der Waals surface area contributed by atoms with E-state index >= 15 is 0 Å². The van der Waals surface area contributed by atoms with Crippen LogP contribution < -0.4 is 10.6 Å². The van der Waals surface area contributed by atoms with Gasteiger partial charge in [0.05, 0.1) is 6.20 Å². The van der Waals surface area contributed by atoms with Crippen LogP contribution in [0.3, 0.4) is 0 Å². The second-order valence-corrected chi connectivity index (χ2v) is 8.28. The van der Waals surface area contributed by atoms with Gasteiger partial charge in [0, 0.05) is 49.5 Å². The van der Waals surface area contributed by atoms with E-state index in [0.29, 0.717) is 16.9 Å². The molecule has 0 fully saturated rings. The van der Waals surface area contributed by atoms with E-state index in [1.54, 1.807) is 41.3 Å². The van der Waals surface area contributed by atoms with Gasteiger partial charge in [0.15, 0.2) is 5.65 Å². The van der Waals surface area contributed by atoms with Crippen LogP contribution in [0, 0.1) is 0 Å². The molecule has 166 valence electrons. The number of anilines is 1. The summed E-state index contributed by atoms with van der Waals surface area (Å²) in [5.74, 6) is -0.465. The Morgan fingerprint density at radius 3 is 2.88 bits per heavy atom. The van der Waals surface area contributed by atoms with E-state index in [2.05, 4.69) is 44.7 Å². The molecule has 8 nitrogen and oxygen atoms in total. The SMILES string of the molecule is CN1CCc2ccc(NC(=O)c3cccc(CNC(=O)c4cn5ccncc5n4)c3)cc2C1. The molecular weight excluding hydrogens is 416 g/mol. The van der Waals surface area contributed by atoms with Gasteiger partial charge in [-0.1, -0.05) is 18.2 Å². The maximum Gasteiger partial charge on any atom is 0.271 e. The molecule has 2 N–H and O–H groups in total. The van der Waals surface area contributed by atoms with Gasteiger partial charge in [-0.3, -0.25) is 14.6 Å². The van der Waals surface area contributed by atoms with Gasteiger partial charge >= 0.3 is 0 Å². The molecule has 33 heavy (non-hydrogen) atoms. The standard InChI is InChI=1S/C25H24N6O2/c1-30-9-7-18-5-6-21(12-20(18)15-30)28-24(32)19-4-2-3-17(11-19)13-27-25(33)22-16-31-10-8-26-14-23(31)29-22/h2-6,8,10-12,14,16H,7,9,13,15H2,1H3,(H,27,33)(H,28,32). The molecule has 5 rings (SSSR count). The monoisotopic (exact) mass is 440 g/mol. The molecule has 2 aromatic carbocycles. The van der Waals surface area contributed by atoms with Crippen molar-refractivity contribution >= 4 is 23.1 Å². The van der Waals surface area contributed by atoms with Gasteiger partial charge in [-0.15, -0.1) is 0 Å². The van der Waals surface area contributed by atoms with Crippen LogP contribution in [0.2, 0.25) is 0 Å². The highest BCUT2D eigenvalue weighted by atomic mass is 16.2. The fraction of sp³-hybridized carbons (Fsp3) is 0.200. The average molecular weight is 441 g/mol. The minimum absolute atomic E-state index is 0.180. The summed E-state index contributed by atoms with van der Waals surface area (Å²) in [7, 11) is 2.10. The molecule has 3 heterocycles. The number of hydrogen-bond donors (Lipinski definition) is 2. The summed E-state index contributed by atoms with van der Waals surface area (Å²) in [6, 6.07) is 13.3. The van der Waals surface area contributed by atoms with Crippen molar-refractivity contribution < 1.29 is 9.59 Å². The lowest BCUT2D eigenvalue weighted by atomic mass is 9.99. The summed E-state index contributed by atoms with van der Waals surface area (Å²) in [4.78, 5) is 35.9. The Morgan fingerprint density at radius 2 is 2.00 bits per heavy atom. The Bertz CT molecular complexity index is 1310. The quantitative estimate of drug-likeness (QED) is 0.498. The van der Waals surface area contributed by atoms with Gasteiger partial charge in [-0.05, 0) is 54.4 Å². The van der Waals surface area contributed by atoms with E-state index in [1.807, 2.05) is 18.2 Å². The molecule has 4 aromatic rings. The average Bonchev–Trinajstić information content (AvgIpc) is 3.27. The molecule has 0 unspecified atom stereocenters. The lowest BCUT2D eigenvalue weighted by molar-refractivity contribution is 0.0946. The zero-order valence-electron chi connectivity index (χ0n) is 18.3. The molecule has 0 atom stereocenters. The van der Waals surface area contributed by atoms with Crippen LogP contribution >= 0.6 is 0 Å². The predicted octanol–water partition coefficient (Wildman–Crippen LogP) is 2.90. The highest BCUT2D eigenvalue weighted by Gasteiger charge is 2.15. The molecule has 0 aliphatic carbocycles. The first-order chi connectivity index (χ1) is 16.0. The number of nitrogens with zero attached hydrogens (tertiary/aromatic N) is 4. The van der Waals surface area contributed by atoms with Crippen molar-refractivity contribution in [1.82, 2.24) is 24.6 Å². The molecule has 0 saturated heterocycles. The number of likely N-dealkylation sites (N-methyl/N-ethyl adjacent to an activating group) is 1. The highest BCUT2D eigenvalue weighted by Crippen LogP contribution is 2.22. The molecule has 8 heteroatoms. The van der Waals surface area contributed by atoms with Crippen LogP contribution in [-0.2, 0) is 19.5 Å². The molecule has 2 aromatic heterocycles. The fourth-order valence-corrected chi connectivity index (χ4v) is 4.03. The lowest BCUT2D eigenvalue weighted by Gasteiger charge is -2.25. The highest BCUT2D eigenvalue weighted by molar-refractivity contribution is 6.04. The Hall–Kier alpha value is -4.04. The molecular formula is C25H24N6O2. The Labute approximate surface area is 191 Å². The van der Waals surface area contributed by atoms with Crippen molar-refractivity contribution in [3.63, 3.8) is 0 Å². The van der Waals surface area contributed by atoms with Gasteiger partial charge in [0.2, 0.25) is 0 Å². The smallest absolute Gasteiger partial charge is 0.271 e. The topological polar surface area (TPSA) is 91.6 Å². The Morgan fingerprint density at radius 1 is 1.09 bits per heavy atom. The van der Waals surface area contributed by atoms with E-state index in [9.17, 15) is 9.59 Å². The van der Waals surface area contributed by atoms with E-state index in [4.69, 9.17) is 0 Å². The number of carbonyl (C=O) groups excluding carboxylic acids is 2. The Balaban J connectivity index is 1.23. The third-order valence-corrected chi connectivity index (χ3v) is 5.81. The number of aromatic nitrogens is 3. The molecule has 0 saturated carbocycles. The number of amides is 2. The maximum absolute atomic E-state index is 12.8. The van der Waals surface area contributed by atoms with Crippen molar-refractivity contribution in [2.24, 2.45) is 0 Å². The second kappa shape index (κ2) is 8.84. The number of hydrogen-bond acceptors (Lipinski definition) is 5. The largest absolute Gasteiger partial charge is 0.347 e. The zero-order valence-corrected chi connectivity index (χ0v) is 18.3. The predicted molar refractivity (Wildman–Crippen MR) is 125 cm³/mol. The fourth-order valence-electron chi connectivity index (χ4n) is 4.03. The number of carbonyl (C=O) groups is 2. The molecule has 0 radical (unpaired) electrons. The minimum atomic E-state index is -0.285. The van der Waals surface area contributed by atoms with Crippen LogP contribution in [0.4, 0.5) is 5.69 Å². The Kier molecular flexibility index (Phi) is 5.58. The normalized spacial score (nSPS) is 13.5. The van der Waals surface area contributed by atoms with E-state index in [-0.39, 0.29) is 18.4 Å². The summed E-state index contributed by atoms with van der Waals surface area (Å²) in [5.41, 5.74) is 5.66. The van der Waals surface area contributed by atoms with Gasteiger partial charge in [-0.25, -0.2) is 4.98 Å². The van der Waals surface area contributed by atoms with Crippen LogP contribution in [-0.4, -0.2) is 44.7 Å². The van der Waals surface area contributed by atoms with E-state index < -0.39 is 0 Å². The molecule has 0 spiro atoms. The van der Waals surface area contributed by atoms with Crippen LogP contribution in [0.25, 0.3) is 5.65 Å². The van der Waals surface area contributed by atoms with Crippen LogP contribution in [0.5, 0.6) is 0 Å². The van der Waals surface area contributed by atoms with Crippen molar-refractivity contribution in [2.75, 3.05) is 18.9 Å². The first-order valence-corrected chi connectivity index (χ1v) is 10.8.